The summed E-state index contributed by atoms with van der Waals surface area (Å²) in [5.74, 6) is -1.16. The van der Waals surface area contributed by atoms with Crippen LogP contribution in [-0.4, -0.2) is 125 Å². The molecule has 0 unspecified atom stereocenters. The number of unbranched alkanes of at least 4 members (excludes halogenated alkanes) is 3. The number of likely N-dealkylation sites (tertiary alicyclic amines) is 2. The molecule has 4 heterocycles. The number of aromatic nitrogens is 2. The standard InChI is InChI=1S/C41H61N9O6.4ClH/c1-28(42-3)37(52)47-34(40(55)49-25-13-15-30(49)21-22-36(51)32-17-9-11-23-44-32)19-7-5-6-8-20-35(48-38(53)29(2)43-4)41(56)50-26-14-16-31(50)27-46-39(54)33-18-10-12-24-45-33;;;;/h9-12,17-18,23-24,28-31,34-35,42-43H,5-8,13-16,19-22,25-27H2,1-4H3,(H,46,54)(H,47,52)(H,48,53);4*1H/t28-,29-,30-,31-,34-,35-;;;;/m0..../s1. The Balaban J connectivity index is 0.00000870. The topological polar surface area (TPSA) is 195 Å². The van der Waals surface area contributed by atoms with E-state index < -0.39 is 24.2 Å². The van der Waals surface area contributed by atoms with Crippen molar-refractivity contribution >= 4 is 84.9 Å². The highest BCUT2D eigenvalue weighted by Gasteiger charge is 2.36. The summed E-state index contributed by atoms with van der Waals surface area (Å²) in [7, 11) is 3.39. The van der Waals surface area contributed by atoms with Crippen LogP contribution in [0.2, 0.25) is 0 Å². The van der Waals surface area contributed by atoms with Gasteiger partial charge in [0.25, 0.3) is 5.91 Å². The quantitative estimate of drug-likeness (QED) is 0.0850. The third kappa shape index (κ3) is 17.0. The Morgan fingerprint density at radius 3 is 1.60 bits per heavy atom. The number of nitrogens with zero attached hydrogens (tertiary/aromatic N) is 4. The zero-order valence-electron chi connectivity index (χ0n) is 35.1. The van der Waals surface area contributed by atoms with Crippen LogP contribution in [0.3, 0.4) is 0 Å². The van der Waals surface area contributed by atoms with E-state index in [9.17, 15) is 28.8 Å². The van der Waals surface area contributed by atoms with Crippen molar-refractivity contribution in [2.75, 3.05) is 33.7 Å². The summed E-state index contributed by atoms with van der Waals surface area (Å²) < 4.78 is 0. The van der Waals surface area contributed by atoms with Gasteiger partial charge in [-0.25, -0.2) is 0 Å². The Labute approximate surface area is 379 Å². The van der Waals surface area contributed by atoms with E-state index in [0.717, 1.165) is 38.5 Å². The number of amides is 5. The van der Waals surface area contributed by atoms with Crippen molar-refractivity contribution in [3.63, 3.8) is 0 Å². The maximum atomic E-state index is 14.0. The number of hydrogen-bond donors (Lipinski definition) is 5. The molecule has 2 fully saturated rings. The van der Waals surface area contributed by atoms with Gasteiger partial charge in [-0.3, -0.25) is 38.7 Å². The first-order chi connectivity index (χ1) is 27.0. The Hall–Kier alpha value is -3.60. The second-order valence-electron chi connectivity index (χ2n) is 14.9. The summed E-state index contributed by atoms with van der Waals surface area (Å²) in [4.78, 5) is 91.1. The molecule has 0 radical (unpaired) electrons. The molecule has 60 heavy (non-hydrogen) atoms. The highest BCUT2D eigenvalue weighted by atomic mass is 35.5. The lowest BCUT2D eigenvalue weighted by Gasteiger charge is -2.30. The predicted octanol–water partition coefficient (Wildman–Crippen LogP) is 4.06. The Kier molecular flexibility index (Phi) is 27.8. The van der Waals surface area contributed by atoms with Crippen LogP contribution in [0.4, 0.5) is 0 Å². The second-order valence-corrected chi connectivity index (χ2v) is 14.9. The van der Waals surface area contributed by atoms with Crippen molar-refractivity contribution in [1.29, 1.82) is 0 Å². The minimum atomic E-state index is -0.723. The number of pyridine rings is 2. The second kappa shape index (κ2) is 29.6. The van der Waals surface area contributed by atoms with Crippen molar-refractivity contribution < 1.29 is 28.8 Å². The molecule has 0 spiro atoms. The van der Waals surface area contributed by atoms with Gasteiger partial charge in [-0.2, -0.15) is 0 Å². The molecule has 4 rings (SSSR count). The maximum absolute atomic E-state index is 14.0. The molecule has 0 aliphatic carbocycles. The van der Waals surface area contributed by atoms with E-state index in [1.807, 2.05) is 4.90 Å². The average molecular weight is 922 g/mol. The zero-order valence-corrected chi connectivity index (χ0v) is 38.3. The summed E-state index contributed by atoms with van der Waals surface area (Å²) in [6.45, 7) is 4.90. The van der Waals surface area contributed by atoms with E-state index in [2.05, 4.69) is 36.6 Å². The van der Waals surface area contributed by atoms with Crippen LogP contribution in [-0.2, 0) is 19.2 Å². The Bertz CT molecular complexity index is 1500. The van der Waals surface area contributed by atoms with Gasteiger partial charge in [0.05, 0.1) is 12.1 Å². The lowest BCUT2D eigenvalue weighted by Crippen LogP contribution is -2.54. The molecule has 0 bridgehead atoms. The molecule has 15 nitrogen and oxygen atoms in total. The van der Waals surface area contributed by atoms with E-state index in [0.29, 0.717) is 63.1 Å². The summed E-state index contributed by atoms with van der Waals surface area (Å²) >= 11 is 0. The minimum Gasteiger partial charge on any atom is -0.349 e. The van der Waals surface area contributed by atoms with Crippen molar-refractivity contribution in [3.05, 3.63) is 60.2 Å². The fraction of sp³-hybridized carbons (Fsp3) is 0.610. The monoisotopic (exact) mass is 919 g/mol. The zero-order chi connectivity index (χ0) is 40.5. The van der Waals surface area contributed by atoms with Crippen LogP contribution < -0.4 is 26.6 Å². The first-order valence-corrected chi connectivity index (χ1v) is 20.2. The van der Waals surface area contributed by atoms with Gasteiger partial charge in [-0.15, -0.1) is 49.6 Å². The molecule has 2 aliphatic heterocycles. The fourth-order valence-electron chi connectivity index (χ4n) is 7.34. The number of ketones is 1. The van der Waals surface area contributed by atoms with E-state index in [4.69, 9.17) is 0 Å². The first kappa shape index (κ1) is 56.4. The Morgan fingerprint density at radius 1 is 0.667 bits per heavy atom. The highest BCUT2D eigenvalue weighted by molar-refractivity contribution is 5.94. The lowest BCUT2D eigenvalue weighted by atomic mass is 10.0. The molecule has 0 aromatic carbocycles. The van der Waals surface area contributed by atoms with Gasteiger partial charge >= 0.3 is 0 Å². The van der Waals surface area contributed by atoms with Gasteiger partial charge in [-0.05, 0) is 97.2 Å². The van der Waals surface area contributed by atoms with Gasteiger partial charge in [-0.1, -0.05) is 37.8 Å². The van der Waals surface area contributed by atoms with Gasteiger partial charge in [0.1, 0.15) is 23.5 Å². The van der Waals surface area contributed by atoms with Crippen LogP contribution in [0.5, 0.6) is 0 Å². The Morgan fingerprint density at radius 2 is 1.13 bits per heavy atom. The van der Waals surface area contributed by atoms with Gasteiger partial charge < -0.3 is 36.4 Å². The SMILES string of the molecule is CN[C@@H](C)C(=O)N[C@@H](CCCCCC[C@H](NC(=O)[C@H](C)NC)C(=O)N1CCC[C@H]1CNC(=O)c1ccccn1)C(=O)N1CCC[C@H]1CCC(=O)c1ccccn1.Cl.Cl.Cl.Cl. The van der Waals surface area contributed by atoms with Crippen molar-refractivity contribution in [1.82, 2.24) is 46.4 Å². The first-order valence-electron chi connectivity index (χ1n) is 20.2. The minimum absolute atomic E-state index is 0. The van der Waals surface area contributed by atoms with Crippen LogP contribution in [0.1, 0.15) is 112 Å². The number of halogens is 4. The molecular weight excluding hydrogens is 856 g/mol. The fourth-order valence-corrected chi connectivity index (χ4v) is 7.34. The molecule has 5 amide bonds. The number of nitrogens with one attached hydrogen (secondary N) is 5. The smallest absolute Gasteiger partial charge is 0.269 e. The summed E-state index contributed by atoms with van der Waals surface area (Å²) in [5.41, 5.74) is 0.730. The van der Waals surface area contributed by atoms with E-state index >= 15 is 0 Å². The van der Waals surface area contributed by atoms with E-state index in [-0.39, 0.29) is 103 Å². The molecule has 2 aromatic rings. The van der Waals surface area contributed by atoms with Crippen molar-refractivity contribution in [3.8, 4) is 0 Å². The number of likely N-dealkylation sites (N-methyl/N-ethyl adjacent to an activating group) is 2. The lowest BCUT2D eigenvalue weighted by molar-refractivity contribution is -0.138. The average Bonchev–Trinajstić information content (AvgIpc) is 3.91. The van der Waals surface area contributed by atoms with Gasteiger partial charge in [0, 0.05) is 50.5 Å². The normalized spacial score (nSPS) is 17.5. The van der Waals surface area contributed by atoms with Crippen LogP contribution >= 0.6 is 49.6 Å². The molecular formula is C41H65Cl4N9O6. The van der Waals surface area contributed by atoms with E-state index in [1.165, 1.54) is 0 Å². The summed E-state index contributed by atoms with van der Waals surface area (Å²) in [5, 5.41) is 14.7. The molecule has 5 N–H and O–H groups in total. The van der Waals surface area contributed by atoms with Gasteiger partial charge in [0.2, 0.25) is 23.6 Å². The molecule has 2 aromatic heterocycles. The van der Waals surface area contributed by atoms with Gasteiger partial charge in [0.15, 0.2) is 5.78 Å². The summed E-state index contributed by atoms with van der Waals surface area (Å²) in [6, 6.07) is 7.72. The largest absolute Gasteiger partial charge is 0.349 e. The maximum Gasteiger partial charge on any atom is 0.269 e. The van der Waals surface area contributed by atoms with Crippen LogP contribution in [0.15, 0.2) is 48.8 Å². The molecule has 2 saturated heterocycles. The third-order valence-corrected chi connectivity index (χ3v) is 11.0. The molecule has 2 aliphatic rings. The molecule has 0 saturated carbocycles. The molecule has 338 valence electrons. The van der Waals surface area contributed by atoms with Crippen molar-refractivity contribution in [2.45, 2.75) is 127 Å². The number of hydrogen-bond acceptors (Lipinski definition) is 10. The predicted molar refractivity (Wildman–Crippen MR) is 241 cm³/mol. The van der Waals surface area contributed by atoms with Crippen molar-refractivity contribution in [2.24, 2.45) is 0 Å². The third-order valence-electron chi connectivity index (χ3n) is 11.0. The van der Waals surface area contributed by atoms with Crippen LogP contribution in [0, 0.1) is 0 Å². The number of Topliss-reactive ketones (excluding diaryl/α,β-unsaturated/α-hetero) is 1. The van der Waals surface area contributed by atoms with Crippen LogP contribution in [0.25, 0.3) is 0 Å². The number of carbonyl (C=O) groups excluding carboxylic acids is 6. The highest BCUT2D eigenvalue weighted by Crippen LogP contribution is 2.25. The van der Waals surface area contributed by atoms with E-state index in [1.54, 1.807) is 81.6 Å². The molecule has 6 atom stereocenters. The number of carbonyl (C=O) groups is 6. The number of rotatable bonds is 22. The molecule has 19 heteroatoms. The summed E-state index contributed by atoms with van der Waals surface area (Å²) in [6.07, 6.45) is 10.9.